The van der Waals surface area contributed by atoms with Crippen LogP contribution in [-0.2, 0) is 9.47 Å². The molecule has 6 N–H and O–H groups in total. The minimum atomic E-state index is -3.66. The van der Waals surface area contributed by atoms with Gasteiger partial charge in [0.05, 0.1) is 12.3 Å². The first-order valence-electron chi connectivity index (χ1n) is 17.3. The number of rotatable bonds is 6. The number of carbonyl (C=O) groups is 1. The molecule has 1 aromatic rings. The monoisotopic (exact) mass is 682 g/mol. The average Bonchev–Trinajstić information content (AvgIpc) is 3.91. The molecule has 7 rings (SSSR count). The molecule has 10 atom stereocenters. The lowest BCUT2D eigenvalue weighted by Crippen LogP contribution is -2.60. The number of benzene rings is 1. The maximum absolute atomic E-state index is 15.4. The first-order valence-corrected chi connectivity index (χ1v) is 17.3. The lowest BCUT2D eigenvalue weighted by atomic mass is 9.50. The Labute approximate surface area is 283 Å². The van der Waals surface area contributed by atoms with Crippen LogP contribution < -0.4 is 5.43 Å². The molecule has 10 nitrogen and oxygen atoms in total. The van der Waals surface area contributed by atoms with Gasteiger partial charge in [-0.15, -0.1) is 6.42 Å². The number of fused-ring (bicyclic) bond motifs is 4. The van der Waals surface area contributed by atoms with Gasteiger partial charge in [0.2, 0.25) is 6.29 Å². The van der Waals surface area contributed by atoms with Gasteiger partial charge in [-0.2, -0.15) is 13.9 Å². The van der Waals surface area contributed by atoms with E-state index in [2.05, 4.69) is 34.8 Å². The number of halogens is 2. The maximum Gasteiger partial charge on any atom is 0.430 e. The SMILES string of the molecule is C#CC(F)(F)[C@]1(O)CC[C@H]2[C@@H]3CCC4=C/C(=N/NC(=O)O[C@@H]5O[C@H](CO)[C@H](O)[C@H](O)[C@H]5O)CCC4=C3[C@H](c3ccc(C4CC4)cc3)C[C@@]21C. The Balaban J connectivity index is 1.16. The highest BCUT2D eigenvalue weighted by Gasteiger charge is 2.71. The summed E-state index contributed by atoms with van der Waals surface area (Å²) in [7, 11) is 0. The molecule has 4 fully saturated rings. The summed E-state index contributed by atoms with van der Waals surface area (Å²) in [5, 5.41) is 55.5. The van der Waals surface area contributed by atoms with Crippen molar-refractivity contribution in [3.05, 3.63) is 58.2 Å². The Kier molecular flexibility index (Phi) is 8.78. The molecule has 1 amide bonds. The molecule has 0 unspecified atom stereocenters. The molecule has 6 aliphatic rings. The number of hydrogen-bond donors (Lipinski definition) is 6. The van der Waals surface area contributed by atoms with Crippen LogP contribution in [0.25, 0.3) is 0 Å². The van der Waals surface area contributed by atoms with E-state index in [1.807, 2.05) is 13.0 Å². The number of nitrogens with zero attached hydrogens (tertiary/aromatic N) is 1. The van der Waals surface area contributed by atoms with Crippen molar-refractivity contribution in [2.75, 3.05) is 6.61 Å². The van der Waals surface area contributed by atoms with E-state index in [0.717, 1.165) is 17.6 Å². The van der Waals surface area contributed by atoms with E-state index in [1.54, 1.807) is 5.92 Å². The van der Waals surface area contributed by atoms with Gasteiger partial charge in [-0.1, -0.05) is 36.8 Å². The third-order valence-electron chi connectivity index (χ3n) is 12.4. The molecule has 1 aliphatic heterocycles. The molecule has 3 saturated carbocycles. The zero-order valence-electron chi connectivity index (χ0n) is 27.4. The second-order valence-corrected chi connectivity index (χ2v) is 14.9. The predicted octanol–water partition coefficient (Wildman–Crippen LogP) is 3.78. The van der Waals surface area contributed by atoms with Crippen LogP contribution in [0.15, 0.2) is 52.2 Å². The highest BCUT2D eigenvalue weighted by Crippen LogP contribution is 2.69. The van der Waals surface area contributed by atoms with Gasteiger partial charge in [0.15, 0.2) is 0 Å². The largest absolute Gasteiger partial charge is 0.430 e. The Morgan fingerprint density at radius 3 is 2.47 bits per heavy atom. The van der Waals surface area contributed by atoms with E-state index in [1.165, 1.54) is 29.6 Å². The number of alkyl halides is 2. The Morgan fingerprint density at radius 1 is 1.08 bits per heavy atom. The minimum Gasteiger partial charge on any atom is -0.415 e. The van der Waals surface area contributed by atoms with Gasteiger partial charge < -0.3 is 35.0 Å². The number of hydrogen-bond acceptors (Lipinski definition) is 9. The topological polar surface area (TPSA) is 161 Å². The molecular weight excluding hydrogens is 638 g/mol. The zero-order valence-corrected chi connectivity index (χ0v) is 27.4. The normalized spacial score (nSPS) is 39.7. The van der Waals surface area contributed by atoms with Gasteiger partial charge in [-0.3, -0.25) is 0 Å². The van der Waals surface area contributed by atoms with Crippen molar-refractivity contribution in [3.8, 4) is 12.3 Å². The summed E-state index contributed by atoms with van der Waals surface area (Å²) in [6, 6.07) is 8.55. The first-order chi connectivity index (χ1) is 23.3. The average molecular weight is 683 g/mol. The fraction of sp³-hybridized carbons (Fsp3) is 0.622. The molecule has 5 aliphatic carbocycles. The van der Waals surface area contributed by atoms with Gasteiger partial charge in [-0.05, 0) is 110 Å². The van der Waals surface area contributed by atoms with Gasteiger partial charge in [0.25, 0.3) is 0 Å². The van der Waals surface area contributed by atoms with E-state index < -0.39 is 60.3 Å². The number of carbonyl (C=O) groups excluding carboxylic acids is 1. The number of amides is 1. The number of aliphatic hydroxyl groups excluding tert-OH is 4. The van der Waals surface area contributed by atoms with Crippen molar-refractivity contribution in [3.63, 3.8) is 0 Å². The minimum absolute atomic E-state index is 0.00624. The molecule has 0 radical (unpaired) electrons. The molecule has 1 saturated heterocycles. The third kappa shape index (κ3) is 5.63. The van der Waals surface area contributed by atoms with Crippen molar-refractivity contribution in [1.29, 1.82) is 0 Å². The first kappa shape index (κ1) is 34.3. The molecule has 0 bridgehead atoms. The van der Waals surface area contributed by atoms with Crippen molar-refractivity contribution < 1.29 is 48.6 Å². The van der Waals surface area contributed by atoms with Crippen molar-refractivity contribution in [2.24, 2.45) is 22.4 Å². The maximum atomic E-state index is 15.4. The summed E-state index contributed by atoms with van der Waals surface area (Å²) in [5.74, 6) is -1.78. The highest BCUT2D eigenvalue weighted by atomic mass is 19.3. The van der Waals surface area contributed by atoms with Crippen LogP contribution in [0.1, 0.15) is 87.7 Å². The van der Waals surface area contributed by atoms with Gasteiger partial charge in [-0.25, -0.2) is 10.2 Å². The number of terminal acetylenes is 1. The van der Waals surface area contributed by atoms with E-state index in [9.17, 15) is 30.3 Å². The van der Waals surface area contributed by atoms with Crippen LogP contribution in [-0.4, -0.2) is 86.2 Å². The van der Waals surface area contributed by atoms with Crippen LogP contribution in [0.5, 0.6) is 0 Å². The second kappa shape index (κ2) is 12.5. The van der Waals surface area contributed by atoms with E-state index in [0.29, 0.717) is 43.7 Å². The quantitative estimate of drug-likeness (QED) is 0.195. The Hall–Kier alpha value is -3.18. The lowest BCUT2D eigenvalue weighted by molar-refractivity contribution is -0.284. The predicted molar refractivity (Wildman–Crippen MR) is 173 cm³/mol. The van der Waals surface area contributed by atoms with Crippen LogP contribution in [0.4, 0.5) is 13.6 Å². The van der Waals surface area contributed by atoms with Crippen molar-refractivity contribution in [1.82, 2.24) is 5.43 Å². The van der Waals surface area contributed by atoms with Crippen molar-refractivity contribution in [2.45, 2.75) is 119 Å². The third-order valence-corrected chi connectivity index (χ3v) is 12.4. The van der Waals surface area contributed by atoms with Gasteiger partial charge in [0, 0.05) is 11.3 Å². The lowest BCUT2D eigenvalue weighted by Gasteiger charge is -2.55. The summed E-state index contributed by atoms with van der Waals surface area (Å²) >= 11 is 0. The smallest absolute Gasteiger partial charge is 0.415 e. The molecule has 49 heavy (non-hydrogen) atoms. The van der Waals surface area contributed by atoms with E-state index >= 15 is 8.78 Å². The number of ether oxygens (including phenoxy) is 2. The second-order valence-electron chi connectivity index (χ2n) is 14.9. The zero-order chi connectivity index (χ0) is 34.9. The fourth-order valence-electron chi connectivity index (χ4n) is 9.53. The van der Waals surface area contributed by atoms with Crippen LogP contribution in [0, 0.1) is 29.6 Å². The molecule has 264 valence electrons. The fourth-order valence-corrected chi connectivity index (χ4v) is 9.53. The van der Waals surface area contributed by atoms with E-state index in [-0.39, 0.29) is 24.2 Å². The molecule has 0 spiro atoms. The standard InChI is InChI=1S/C37H44F2N2O8/c1-3-37(38,39)36(47)15-14-27-25-12-10-22-16-23(40-41-34(46)49-33-32(45)31(44)30(43)28(18-42)48-33)11-13-24(22)29(25)26(17-35(27,36)2)21-8-6-20(7-9-21)19-4-5-19/h1,6-9,16,19,25-28,30-33,42-45,47H,4-5,10-15,17-18H2,2H3,(H,41,46)/b40-23+/t25-,26-,27-,28+,30-,31-,32+,33-,35-,36-/m0/s1. The van der Waals surface area contributed by atoms with Gasteiger partial charge >= 0.3 is 12.0 Å². The number of allylic oxidation sites excluding steroid dienone is 4. The molecule has 12 heteroatoms. The number of nitrogens with one attached hydrogen (secondary N) is 1. The number of aliphatic hydroxyl groups is 5. The highest BCUT2D eigenvalue weighted by molar-refractivity contribution is 5.98. The number of hydrazone groups is 1. The van der Waals surface area contributed by atoms with Crippen LogP contribution in [0.2, 0.25) is 0 Å². The molecule has 0 aromatic heterocycles. The summed E-state index contributed by atoms with van der Waals surface area (Å²) < 4.78 is 41.1. The Morgan fingerprint density at radius 2 is 1.80 bits per heavy atom. The summed E-state index contributed by atoms with van der Waals surface area (Å²) in [6.45, 7) is 1.15. The summed E-state index contributed by atoms with van der Waals surface area (Å²) in [5.41, 5.74) is 5.35. The van der Waals surface area contributed by atoms with Crippen LogP contribution >= 0.6 is 0 Å². The van der Waals surface area contributed by atoms with E-state index in [4.69, 9.17) is 15.9 Å². The van der Waals surface area contributed by atoms with Crippen molar-refractivity contribution >= 4 is 11.8 Å². The Bertz CT molecular complexity index is 1610. The molecular formula is C37H44F2N2O8. The summed E-state index contributed by atoms with van der Waals surface area (Å²) in [4.78, 5) is 12.5. The van der Waals surface area contributed by atoms with Crippen LogP contribution in [0.3, 0.4) is 0 Å². The van der Waals surface area contributed by atoms with Gasteiger partial charge in [0.1, 0.15) is 30.0 Å². The molecule has 1 heterocycles. The molecule has 1 aromatic carbocycles. The summed E-state index contributed by atoms with van der Waals surface area (Å²) in [6.07, 6.45) is 3.98.